The molecule has 2 N–H and O–H groups in total. The monoisotopic (exact) mass is 403 g/mol. The quantitative estimate of drug-likeness (QED) is 0.506. The van der Waals surface area contributed by atoms with E-state index in [1.807, 2.05) is 0 Å². The van der Waals surface area contributed by atoms with Gasteiger partial charge in [0.25, 0.3) is 5.91 Å². The van der Waals surface area contributed by atoms with Gasteiger partial charge in [0, 0.05) is 0 Å². The first kappa shape index (κ1) is 21.8. The number of furan rings is 1. The number of Topliss-reactive ketones (excluding diaryl/α,β-unsaturated/α-hetero) is 1. The lowest BCUT2D eigenvalue weighted by Crippen LogP contribution is -2.24. The van der Waals surface area contributed by atoms with E-state index in [-0.39, 0.29) is 29.4 Å². The summed E-state index contributed by atoms with van der Waals surface area (Å²) in [5.41, 5.74) is 0.103. The molecule has 9 nitrogen and oxygen atoms in total. The zero-order valence-electron chi connectivity index (χ0n) is 16.2. The molecule has 2 aromatic rings. The summed E-state index contributed by atoms with van der Waals surface area (Å²) in [5.74, 6) is -3.26. The highest BCUT2D eigenvalue weighted by atomic mass is 16.6. The zero-order chi connectivity index (χ0) is 21.6. The largest absolute Gasteiger partial charge is 0.462 e. The third-order valence-electron chi connectivity index (χ3n) is 3.85. The van der Waals surface area contributed by atoms with Gasteiger partial charge in [-0.25, -0.2) is 9.59 Å². The molecule has 1 atom stereocenters. The van der Waals surface area contributed by atoms with Crippen molar-refractivity contribution in [1.29, 1.82) is 0 Å². The third-order valence-corrected chi connectivity index (χ3v) is 3.85. The normalized spacial score (nSPS) is 11.4. The Hall–Kier alpha value is -3.46. The summed E-state index contributed by atoms with van der Waals surface area (Å²) in [4.78, 5) is 48.1. The van der Waals surface area contributed by atoms with Gasteiger partial charge in [0.2, 0.25) is 5.88 Å². The van der Waals surface area contributed by atoms with Crippen molar-refractivity contribution in [3.63, 3.8) is 0 Å². The van der Waals surface area contributed by atoms with Gasteiger partial charge >= 0.3 is 11.9 Å². The number of benzene rings is 1. The Morgan fingerprint density at radius 2 is 1.76 bits per heavy atom. The highest BCUT2D eigenvalue weighted by Crippen LogP contribution is 2.28. The first-order chi connectivity index (χ1) is 13.8. The summed E-state index contributed by atoms with van der Waals surface area (Å²) in [6.45, 7) is 3.63. The Kier molecular flexibility index (Phi) is 7.27. The van der Waals surface area contributed by atoms with E-state index in [9.17, 15) is 24.3 Å². The van der Waals surface area contributed by atoms with Crippen molar-refractivity contribution in [2.45, 2.75) is 26.9 Å². The molecule has 0 aliphatic heterocycles. The number of anilines is 1. The average molecular weight is 403 g/mol. The fourth-order valence-electron chi connectivity index (χ4n) is 2.60. The van der Waals surface area contributed by atoms with Gasteiger partial charge in [-0.05, 0) is 26.3 Å². The third kappa shape index (κ3) is 5.29. The molecule has 29 heavy (non-hydrogen) atoms. The standard InChI is InChI=1S/C20H21NO8/c1-4-27-19(25)16-15(11(2)22)12(3)29-18(16)21-14(23)10-28-20(26)17(24)13-8-6-5-7-9-13/h5-9,17,24H,4,10H2,1-3H3,(H,21,23)/t17-/m1/s1. The number of carbonyl (C=O) groups is 4. The fraction of sp³-hybridized carbons (Fsp3) is 0.300. The number of hydrogen-bond acceptors (Lipinski definition) is 8. The van der Waals surface area contributed by atoms with E-state index in [0.717, 1.165) is 0 Å². The number of amides is 1. The number of nitrogens with one attached hydrogen (secondary N) is 1. The van der Waals surface area contributed by atoms with E-state index in [0.29, 0.717) is 5.56 Å². The minimum atomic E-state index is -1.55. The van der Waals surface area contributed by atoms with Crippen molar-refractivity contribution in [2.75, 3.05) is 18.5 Å². The SMILES string of the molecule is CCOC(=O)c1c(NC(=O)COC(=O)[C@H](O)c2ccccc2)oc(C)c1C(C)=O. The van der Waals surface area contributed by atoms with Crippen LogP contribution in [-0.2, 0) is 19.1 Å². The van der Waals surface area contributed by atoms with Gasteiger partial charge in [0.15, 0.2) is 18.5 Å². The first-order valence-electron chi connectivity index (χ1n) is 8.77. The predicted octanol–water partition coefficient (Wildman–Crippen LogP) is 2.18. The second kappa shape index (κ2) is 9.65. The Morgan fingerprint density at radius 3 is 2.34 bits per heavy atom. The average Bonchev–Trinajstić information content (AvgIpc) is 3.02. The van der Waals surface area contributed by atoms with Crippen molar-refractivity contribution >= 4 is 29.5 Å². The van der Waals surface area contributed by atoms with Gasteiger partial charge in [-0.1, -0.05) is 30.3 Å². The topological polar surface area (TPSA) is 132 Å². The van der Waals surface area contributed by atoms with Crippen LogP contribution in [0.25, 0.3) is 0 Å². The number of hydrogen-bond donors (Lipinski definition) is 2. The molecule has 1 aromatic heterocycles. The smallest absolute Gasteiger partial charge is 0.344 e. The summed E-state index contributed by atoms with van der Waals surface area (Å²) < 4.78 is 15.0. The van der Waals surface area contributed by atoms with Crippen molar-refractivity contribution in [2.24, 2.45) is 0 Å². The maximum Gasteiger partial charge on any atom is 0.344 e. The molecule has 0 bridgehead atoms. The van der Waals surface area contributed by atoms with E-state index in [4.69, 9.17) is 13.9 Å². The number of carbonyl (C=O) groups excluding carboxylic acids is 4. The Bertz CT molecular complexity index is 916. The number of aliphatic hydroxyl groups excluding tert-OH is 1. The lowest BCUT2D eigenvalue weighted by Gasteiger charge is -2.11. The van der Waals surface area contributed by atoms with Crippen LogP contribution in [0.3, 0.4) is 0 Å². The summed E-state index contributed by atoms with van der Waals surface area (Å²) in [5, 5.41) is 12.2. The summed E-state index contributed by atoms with van der Waals surface area (Å²) in [6.07, 6.45) is -1.55. The number of rotatable bonds is 8. The maximum absolute atomic E-state index is 12.2. The molecule has 0 fully saturated rings. The predicted molar refractivity (Wildman–Crippen MR) is 100 cm³/mol. The van der Waals surface area contributed by atoms with Crippen LogP contribution < -0.4 is 5.32 Å². The molecule has 1 heterocycles. The van der Waals surface area contributed by atoms with Crippen LogP contribution in [0.15, 0.2) is 34.7 Å². The van der Waals surface area contributed by atoms with E-state index >= 15 is 0 Å². The van der Waals surface area contributed by atoms with Gasteiger partial charge in [-0.2, -0.15) is 0 Å². The molecule has 0 unspecified atom stereocenters. The molecule has 0 radical (unpaired) electrons. The maximum atomic E-state index is 12.2. The second-order valence-corrected chi connectivity index (χ2v) is 5.98. The molecule has 0 saturated carbocycles. The van der Waals surface area contributed by atoms with E-state index < -0.39 is 36.3 Å². The Labute approximate surface area is 166 Å². The number of aryl methyl sites for hydroxylation is 1. The van der Waals surface area contributed by atoms with Crippen LogP contribution in [0.1, 0.15) is 52.0 Å². The van der Waals surface area contributed by atoms with Crippen LogP contribution in [0.5, 0.6) is 0 Å². The lowest BCUT2D eigenvalue weighted by atomic mass is 10.1. The van der Waals surface area contributed by atoms with Gasteiger partial charge < -0.3 is 19.0 Å². The molecule has 1 amide bonds. The molecule has 0 aliphatic rings. The van der Waals surface area contributed by atoms with Crippen LogP contribution >= 0.6 is 0 Å². The highest BCUT2D eigenvalue weighted by Gasteiger charge is 2.29. The van der Waals surface area contributed by atoms with Crippen molar-refractivity contribution in [3.8, 4) is 0 Å². The Morgan fingerprint density at radius 1 is 1.10 bits per heavy atom. The van der Waals surface area contributed by atoms with E-state index in [1.54, 1.807) is 25.1 Å². The summed E-state index contributed by atoms with van der Waals surface area (Å²) >= 11 is 0. The van der Waals surface area contributed by atoms with Gasteiger partial charge in [-0.3, -0.25) is 14.9 Å². The van der Waals surface area contributed by atoms with Crippen LogP contribution in [0, 0.1) is 6.92 Å². The van der Waals surface area contributed by atoms with Crippen molar-refractivity contribution < 1.29 is 38.2 Å². The molecule has 2 rings (SSSR count). The molecular formula is C20H21NO8. The summed E-state index contributed by atoms with van der Waals surface area (Å²) in [7, 11) is 0. The van der Waals surface area contributed by atoms with Gasteiger partial charge in [0.1, 0.15) is 11.3 Å². The molecule has 1 aromatic carbocycles. The molecule has 0 spiro atoms. The van der Waals surface area contributed by atoms with Crippen molar-refractivity contribution in [3.05, 3.63) is 52.8 Å². The fourth-order valence-corrected chi connectivity index (χ4v) is 2.60. The minimum absolute atomic E-state index is 0.00440. The molecule has 0 saturated heterocycles. The van der Waals surface area contributed by atoms with E-state index in [2.05, 4.69) is 5.32 Å². The van der Waals surface area contributed by atoms with Crippen molar-refractivity contribution in [1.82, 2.24) is 0 Å². The van der Waals surface area contributed by atoms with Crippen LogP contribution in [0.4, 0.5) is 5.88 Å². The molecule has 154 valence electrons. The van der Waals surface area contributed by atoms with Crippen LogP contribution in [-0.4, -0.2) is 41.9 Å². The Balaban J connectivity index is 2.09. The van der Waals surface area contributed by atoms with Gasteiger partial charge in [0.05, 0.1) is 12.2 Å². The number of ether oxygens (including phenoxy) is 2. The van der Waals surface area contributed by atoms with Crippen LogP contribution in [0.2, 0.25) is 0 Å². The summed E-state index contributed by atoms with van der Waals surface area (Å²) in [6, 6.07) is 8.07. The molecular weight excluding hydrogens is 382 g/mol. The second-order valence-electron chi connectivity index (χ2n) is 5.98. The minimum Gasteiger partial charge on any atom is -0.462 e. The number of aliphatic hydroxyl groups is 1. The van der Waals surface area contributed by atoms with E-state index in [1.165, 1.54) is 26.0 Å². The zero-order valence-corrected chi connectivity index (χ0v) is 16.2. The number of esters is 2. The molecule has 0 aliphatic carbocycles. The number of ketones is 1. The highest BCUT2D eigenvalue weighted by molar-refractivity contribution is 6.10. The molecule has 9 heteroatoms. The lowest BCUT2D eigenvalue weighted by molar-refractivity contribution is -0.156. The van der Waals surface area contributed by atoms with Gasteiger partial charge in [-0.15, -0.1) is 0 Å². The first-order valence-corrected chi connectivity index (χ1v) is 8.77.